The molecule has 26 heavy (non-hydrogen) atoms. The van der Waals surface area contributed by atoms with E-state index in [1.54, 1.807) is 0 Å². The Bertz CT molecular complexity index is 898. The maximum absolute atomic E-state index is 13.8. The van der Waals surface area contributed by atoms with Crippen LogP contribution in [0, 0.1) is 11.6 Å². The van der Waals surface area contributed by atoms with Crippen LogP contribution in [0.25, 0.3) is 0 Å². The van der Waals surface area contributed by atoms with Gasteiger partial charge in [-0.05, 0) is 5.56 Å². The second kappa shape index (κ2) is 7.21. The lowest BCUT2D eigenvalue weighted by Crippen LogP contribution is -2.33. The van der Waals surface area contributed by atoms with Crippen molar-refractivity contribution in [1.82, 2.24) is 19.7 Å². The Kier molecular flexibility index (Phi) is 4.62. The van der Waals surface area contributed by atoms with Crippen molar-refractivity contribution < 1.29 is 13.5 Å². The maximum atomic E-state index is 13.8. The topological polar surface area (TPSA) is 43.2 Å². The van der Waals surface area contributed by atoms with Gasteiger partial charge in [-0.2, -0.15) is 0 Å². The Morgan fingerprint density at radius 2 is 1.92 bits per heavy atom. The number of fused-ring (bicyclic) bond motifs is 1. The molecule has 0 fully saturated rings. The van der Waals surface area contributed by atoms with Crippen LogP contribution < -0.4 is 4.74 Å². The summed E-state index contributed by atoms with van der Waals surface area (Å²) in [5.41, 5.74) is 2.33. The van der Waals surface area contributed by atoms with Crippen LogP contribution in [0.1, 0.15) is 17.0 Å². The third-order valence-electron chi connectivity index (χ3n) is 4.34. The fourth-order valence-electron chi connectivity index (χ4n) is 3.00. The minimum atomic E-state index is -0.664. The molecule has 3 aromatic rings. The Hall–Kier alpha value is -2.80. The Balaban J connectivity index is 1.40. The molecule has 5 nitrogen and oxygen atoms in total. The molecule has 1 aromatic carbocycles. The summed E-state index contributed by atoms with van der Waals surface area (Å²) in [5, 5.41) is 4.46. The molecule has 2 aromatic heterocycles. The molecule has 0 amide bonds. The highest BCUT2D eigenvalue weighted by molar-refractivity contribution is 5.19. The molecule has 1 aliphatic heterocycles. The molecule has 1 aliphatic rings. The second-order valence-corrected chi connectivity index (χ2v) is 6.26. The lowest BCUT2D eigenvalue weighted by Gasteiger charge is -2.27. The molecule has 3 heterocycles. The largest absolute Gasteiger partial charge is 0.472 e. The van der Waals surface area contributed by atoms with Gasteiger partial charge in [-0.3, -0.25) is 14.6 Å². The first-order chi connectivity index (χ1) is 12.7. The van der Waals surface area contributed by atoms with Gasteiger partial charge in [-0.15, -0.1) is 5.10 Å². The molecular weight excluding hydrogens is 338 g/mol. The van der Waals surface area contributed by atoms with Crippen molar-refractivity contribution in [3.8, 4) is 5.88 Å². The summed E-state index contributed by atoms with van der Waals surface area (Å²) < 4.78 is 34.5. The van der Waals surface area contributed by atoms with Crippen LogP contribution in [0.4, 0.5) is 8.78 Å². The molecule has 7 heteroatoms. The van der Waals surface area contributed by atoms with E-state index in [0.717, 1.165) is 23.5 Å². The summed E-state index contributed by atoms with van der Waals surface area (Å²) in [5.74, 6) is -0.698. The first-order valence-electron chi connectivity index (χ1n) is 8.43. The normalized spacial score (nSPS) is 14.2. The van der Waals surface area contributed by atoms with E-state index in [0.29, 0.717) is 38.7 Å². The number of aromatic nitrogens is 3. The van der Waals surface area contributed by atoms with Crippen LogP contribution >= 0.6 is 0 Å². The lowest BCUT2D eigenvalue weighted by atomic mass is 10.2. The molecule has 0 radical (unpaired) electrons. The zero-order valence-corrected chi connectivity index (χ0v) is 14.1. The van der Waals surface area contributed by atoms with Crippen molar-refractivity contribution in [2.45, 2.75) is 26.2 Å². The van der Waals surface area contributed by atoms with Crippen LogP contribution in [0.5, 0.6) is 5.88 Å². The van der Waals surface area contributed by atoms with Crippen molar-refractivity contribution in [3.05, 3.63) is 77.2 Å². The minimum absolute atomic E-state index is 0.250. The molecule has 0 atom stereocenters. The highest BCUT2D eigenvalue weighted by Crippen LogP contribution is 2.20. The number of halogens is 2. The Labute approximate surface area is 149 Å². The van der Waals surface area contributed by atoms with E-state index in [2.05, 4.69) is 15.0 Å². The minimum Gasteiger partial charge on any atom is -0.472 e. The predicted octanol–water partition coefficient (Wildman–Crippen LogP) is 3.15. The standard InChI is InChI=1S/C19H18F2N4O/c20-15-8-17(21)18(22-10-15)12-24-6-7-25-16(11-24)9-19(23-25)26-13-14-4-2-1-3-5-14/h1-5,8-10H,6-7,11-13H2. The number of nitrogens with zero attached hydrogens (tertiary/aromatic N) is 4. The molecule has 0 unspecified atom stereocenters. The van der Waals surface area contributed by atoms with Gasteiger partial charge in [0.05, 0.1) is 24.1 Å². The Morgan fingerprint density at radius 3 is 2.73 bits per heavy atom. The number of rotatable bonds is 5. The van der Waals surface area contributed by atoms with Gasteiger partial charge in [0, 0.05) is 31.8 Å². The molecular formula is C19H18F2N4O. The van der Waals surface area contributed by atoms with Crippen molar-refractivity contribution >= 4 is 0 Å². The SMILES string of the molecule is Fc1cnc(CN2CCn3nc(OCc4ccccc4)cc3C2)c(F)c1. The smallest absolute Gasteiger partial charge is 0.233 e. The monoisotopic (exact) mass is 356 g/mol. The quantitative estimate of drug-likeness (QED) is 0.704. The van der Waals surface area contributed by atoms with E-state index in [1.807, 2.05) is 41.1 Å². The highest BCUT2D eigenvalue weighted by Gasteiger charge is 2.20. The maximum Gasteiger partial charge on any atom is 0.233 e. The fourth-order valence-corrected chi connectivity index (χ4v) is 3.00. The van der Waals surface area contributed by atoms with E-state index >= 15 is 0 Å². The van der Waals surface area contributed by atoms with Crippen LogP contribution in [-0.4, -0.2) is 26.2 Å². The molecule has 0 saturated carbocycles. The molecule has 0 N–H and O–H groups in total. The van der Waals surface area contributed by atoms with Gasteiger partial charge in [-0.25, -0.2) is 8.78 Å². The van der Waals surface area contributed by atoms with E-state index in [1.165, 1.54) is 0 Å². The molecule has 0 aliphatic carbocycles. The Morgan fingerprint density at radius 1 is 1.08 bits per heavy atom. The van der Waals surface area contributed by atoms with Crippen LogP contribution in [0.3, 0.4) is 0 Å². The third-order valence-corrected chi connectivity index (χ3v) is 4.34. The molecule has 4 rings (SSSR count). The second-order valence-electron chi connectivity index (χ2n) is 6.26. The summed E-state index contributed by atoms with van der Waals surface area (Å²) in [6.45, 7) is 2.81. The van der Waals surface area contributed by atoms with Gasteiger partial charge >= 0.3 is 0 Å². The summed E-state index contributed by atoms with van der Waals surface area (Å²) in [6.07, 6.45) is 1.04. The van der Waals surface area contributed by atoms with E-state index in [4.69, 9.17) is 4.74 Å². The zero-order chi connectivity index (χ0) is 17.9. The summed E-state index contributed by atoms with van der Waals surface area (Å²) in [4.78, 5) is 5.91. The molecule has 0 bridgehead atoms. The molecule has 0 spiro atoms. The van der Waals surface area contributed by atoms with E-state index < -0.39 is 11.6 Å². The van der Waals surface area contributed by atoms with Crippen molar-refractivity contribution in [1.29, 1.82) is 0 Å². The molecule has 134 valence electrons. The van der Waals surface area contributed by atoms with Crippen molar-refractivity contribution in [3.63, 3.8) is 0 Å². The number of benzene rings is 1. The van der Waals surface area contributed by atoms with Crippen LogP contribution in [0.2, 0.25) is 0 Å². The number of hydrogen-bond donors (Lipinski definition) is 0. The summed E-state index contributed by atoms with van der Waals surface area (Å²) in [7, 11) is 0. The van der Waals surface area contributed by atoms with Crippen molar-refractivity contribution in [2.24, 2.45) is 0 Å². The van der Waals surface area contributed by atoms with Gasteiger partial charge in [0.2, 0.25) is 5.88 Å². The van der Waals surface area contributed by atoms with Gasteiger partial charge < -0.3 is 4.74 Å². The van der Waals surface area contributed by atoms with E-state index in [-0.39, 0.29) is 5.69 Å². The van der Waals surface area contributed by atoms with Crippen LogP contribution in [0.15, 0.2) is 48.7 Å². The average Bonchev–Trinajstić information content (AvgIpc) is 3.05. The number of hydrogen-bond acceptors (Lipinski definition) is 4. The lowest BCUT2D eigenvalue weighted by molar-refractivity contribution is 0.199. The van der Waals surface area contributed by atoms with Gasteiger partial charge in [0.1, 0.15) is 18.2 Å². The van der Waals surface area contributed by atoms with Gasteiger partial charge in [0.25, 0.3) is 0 Å². The predicted molar refractivity (Wildman–Crippen MR) is 91.3 cm³/mol. The van der Waals surface area contributed by atoms with Crippen molar-refractivity contribution in [2.75, 3.05) is 6.54 Å². The average molecular weight is 356 g/mol. The number of pyridine rings is 1. The third kappa shape index (κ3) is 3.72. The number of ether oxygens (including phenoxy) is 1. The van der Waals surface area contributed by atoms with E-state index in [9.17, 15) is 8.78 Å². The zero-order valence-electron chi connectivity index (χ0n) is 14.1. The summed E-state index contributed by atoms with van der Waals surface area (Å²) in [6, 6.07) is 12.7. The first kappa shape index (κ1) is 16.7. The van der Waals surface area contributed by atoms with Gasteiger partial charge in [0.15, 0.2) is 0 Å². The molecule has 0 saturated heterocycles. The fraction of sp³-hybridized carbons (Fsp3) is 0.263. The van der Waals surface area contributed by atoms with Crippen LogP contribution in [-0.2, 0) is 26.2 Å². The summed E-state index contributed by atoms with van der Waals surface area (Å²) >= 11 is 0. The van der Waals surface area contributed by atoms with Gasteiger partial charge in [-0.1, -0.05) is 30.3 Å². The highest BCUT2D eigenvalue weighted by atomic mass is 19.1. The first-order valence-corrected chi connectivity index (χ1v) is 8.43.